The molecule has 2 rings (SSSR count). The summed E-state index contributed by atoms with van der Waals surface area (Å²) in [6, 6.07) is 5.06. The van der Waals surface area contributed by atoms with Gasteiger partial charge in [0.25, 0.3) is 0 Å². The van der Waals surface area contributed by atoms with E-state index in [1.165, 1.54) is 9.75 Å². The minimum absolute atomic E-state index is 0.219. The summed E-state index contributed by atoms with van der Waals surface area (Å²) in [4.78, 5) is 5.36. The zero-order chi connectivity index (χ0) is 14.5. The van der Waals surface area contributed by atoms with Gasteiger partial charge in [-0.2, -0.15) is 0 Å². The van der Waals surface area contributed by atoms with Crippen molar-refractivity contribution in [1.29, 1.82) is 0 Å². The van der Waals surface area contributed by atoms with Crippen LogP contribution >= 0.6 is 11.3 Å². The molecule has 1 fully saturated rings. The Balaban J connectivity index is 2.05. The van der Waals surface area contributed by atoms with Crippen LogP contribution in [0.25, 0.3) is 0 Å². The van der Waals surface area contributed by atoms with E-state index in [1.807, 2.05) is 11.3 Å². The smallest absolute Gasteiger partial charge is 0.0599 e. The van der Waals surface area contributed by atoms with Crippen molar-refractivity contribution >= 4 is 11.3 Å². The molecule has 1 aromatic rings. The van der Waals surface area contributed by atoms with Crippen molar-refractivity contribution in [3.05, 3.63) is 21.9 Å². The van der Waals surface area contributed by atoms with Gasteiger partial charge in [0.05, 0.1) is 12.1 Å². The topological polar surface area (TPSA) is 38.5 Å². The first-order valence-corrected chi connectivity index (χ1v) is 8.64. The fourth-order valence-corrected chi connectivity index (χ4v) is 4.14. The van der Waals surface area contributed by atoms with E-state index in [9.17, 15) is 0 Å². The Kier molecular flexibility index (Phi) is 6.02. The average Bonchev–Trinajstić information content (AvgIpc) is 2.87. The molecule has 0 spiro atoms. The van der Waals surface area contributed by atoms with Gasteiger partial charge in [-0.25, -0.2) is 0 Å². The zero-order valence-corrected chi connectivity index (χ0v) is 13.8. The molecule has 1 saturated heterocycles. The molecule has 1 aliphatic rings. The minimum Gasteiger partial charge on any atom is -0.378 e. The third-order valence-corrected chi connectivity index (χ3v) is 5.27. The number of nitrogens with zero attached hydrogens (tertiary/aromatic N) is 1. The summed E-state index contributed by atoms with van der Waals surface area (Å²) in [6.45, 7) is 9.46. The fourth-order valence-electron chi connectivity index (χ4n) is 3.05. The van der Waals surface area contributed by atoms with E-state index >= 15 is 0 Å². The van der Waals surface area contributed by atoms with Gasteiger partial charge >= 0.3 is 0 Å². The van der Waals surface area contributed by atoms with E-state index in [0.717, 1.165) is 39.0 Å². The van der Waals surface area contributed by atoms with E-state index in [2.05, 4.69) is 37.8 Å². The van der Waals surface area contributed by atoms with Crippen molar-refractivity contribution in [2.45, 2.75) is 58.2 Å². The van der Waals surface area contributed by atoms with Gasteiger partial charge < -0.3 is 10.5 Å². The zero-order valence-electron chi connectivity index (χ0n) is 13.0. The van der Waals surface area contributed by atoms with E-state index in [1.54, 1.807) is 0 Å². The third kappa shape index (κ3) is 3.82. The molecule has 20 heavy (non-hydrogen) atoms. The standard InChI is InChI=1S/C16H28N2OS/c1-4-14(17)16(15-7-6-12(3)20-15)18-10-8-13(9-11-18)19-5-2/h6-7,13-14,16H,4-5,8-11,17H2,1-3H3. The van der Waals surface area contributed by atoms with E-state index in [-0.39, 0.29) is 6.04 Å². The number of hydrogen-bond donors (Lipinski definition) is 1. The Morgan fingerprint density at radius 1 is 1.35 bits per heavy atom. The lowest BCUT2D eigenvalue weighted by molar-refractivity contribution is 0.000800. The Hall–Kier alpha value is -0.420. The molecule has 2 heterocycles. The van der Waals surface area contributed by atoms with Crippen LogP contribution in [-0.4, -0.2) is 36.7 Å². The molecule has 0 bridgehead atoms. The van der Waals surface area contributed by atoms with Crippen LogP contribution in [-0.2, 0) is 4.74 Å². The van der Waals surface area contributed by atoms with Crippen LogP contribution in [0.4, 0.5) is 0 Å². The molecule has 0 amide bonds. The number of ether oxygens (including phenoxy) is 1. The van der Waals surface area contributed by atoms with Gasteiger partial charge in [0.15, 0.2) is 0 Å². The van der Waals surface area contributed by atoms with Crippen molar-refractivity contribution in [2.75, 3.05) is 19.7 Å². The van der Waals surface area contributed by atoms with Crippen LogP contribution in [0.3, 0.4) is 0 Å². The Morgan fingerprint density at radius 2 is 2.05 bits per heavy atom. The van der Waals surface area contributed by atoms with Crippen molar-refractivity contribution in [1.82, 2.24) is 4.90 Å². The largest absolute Gasteiger partial charge is 0.378 e. The number of thiophene rings is 1. The first kappa shape index (κ1) is 16.0. The molecule has 0 radical (unpaired) electrons. The van der Waals surface area contributed by atoms with E-state index < -0.39 is 0 Å². The molecule has 0 aromatic carbocycles. The Bertz CT molecular complexity index is 399. The number of piperidine rings is 1. The molecule has 3 nitrogen and oxygen atoms in total. The van der Waals surface area contributed by atoms with Crippen molar-refractivity contribution in [3.63, 3.8) is 0 Å². The molecule has 1 aromatic heterocycles. The molecule has 2 unspecified atom stereocenters. The predicted octanol–water partition coefficient (Wildman–Crippen LogP) is 3.34. The summed E-state index contributed by atoms with van der Waals surface area (Å²) in [6.07, 6.45) is 3.73. The second-order valence-corrected chi connectivity index (χ2v) is 6.98. The number of aryl methyl sites for hydroxylation is 1. The van der Waals surface area contributed by atoms with Crippen molar-refractivity contribution in [2.24, 2.45) is 5.73 Å². The number of likely N-dealkylation sites (tertiary alicyclic amines) is 1. The van der Waals surface area contributed by atoms with Crippen LogP contribution in [0.15, 0.2) is 12.1 Å². The highest BCUT2D eigenvalue weighted by Gasteiger charge is 2.30. The van der Waals surface area contributed by atoms with Gasteiger partial charge in [-0.1, -0.05) is 6.92 Å². The summed E-state index contributed by atoms with van der Waals surface area (Å²) in [5.74, 6) is 0. The van der Waals surface area contributed by atoms with Crippen LogP contribution in [0, 0.1) is 6.92 Å². The first-order chi connectivity index (χ1) is 9.65. The van der Waals surface area contributed by atoms with Gasteiger partial charge in [-0.3, -0.25) is 4.90 Å². The van der Waals surface area contributed by atoms with Gasteiger partial charge in [0.2, 0.25) is 0 Å². The third-order valence-electron chi connectivity index (χ3n) is 4.20. The van der Waals surface area contributed by atoms with Gasteiger partial charge in [-0.15, -0.1) is 11.3 Å². The highest BCUT2D eigenvalue weighted by molar-refractivity contribution is 7.12. The first-order valence-electron chi connectivity index (χ1n) is 7.83. The summed E-state index contributed by atoms with van der Waals surface area (Å²) >= 11 is 1.89. The second kappa shape index (κ2) is 7.55. The minimum atomic E-state index is 0.219. The van der Waals surface area contributed by atoms with Gasteiger partial charge in [0, 0.05) is 35.5 Å². The summed E-state index contributed by atoms with van der Waals surface area (Å²) in [5, 5.41) is 0. The number of hydrogen-bond acceptors (Lipinski definition) is 4. The molecular formula is C16H28N2OS. The Morgan fingerprint density at radius 3 is 2.55 bits per heavy atom. The molecule has 1 aliphatic heterocycles. The maximum atomic E-state index is 6.42. The summed E-state index contributed by atoms with van der Waals surface area (Å²) in [5.41, 5.74) is 6.42. The highest BCUT2D eigenvalue weighted by Crippen LogP contribution is 2.33. The molecule has 4 heteroatoms. The molecule has 2 N–H and O–H groups in total. The van der Waals surface area contributed by atoms with Crippen LogP contribution in [0.5, 0.6) is 0 Å². The van der Waals surface area contributed by atoms with Crippen molar-refractivity contribution < 1.29 is 4.74 Å². The molecule has 114 valence electrons. The van der Waals surface area contributed by atoms with Crippen molar-refractivity contribution in [3.8, 4) is 0 Å². The summed E-state index contributed by atoms with van der Waals surface area (Å²) < 4.78 is 5.75. The lowest BCUT2D eigenvalue weighted by Gasteiger charge is -2.39. The lowest BCUT2D eigenvalue weighted by Crippen LogP contribution is -2.45. The lowest BCUT2D eigenvalue weighted by atomic mass is 9.98. The SMILES string of the molecule is CCOC1CCN(C(c2ccc(C)s2)C(N)CC)CC1. The van der Waals surface area contributed by atoms with Crippen LogP contribution in [0.1, 0.15) is 48.9 Å². The summed E-state index contributed by atoms with van der Waals surface area (Å²) in [7, 11) is 0. The van der Waals surface area contributed by atoms with Crippen LogP contribution in [0.2, 0.25) is 0 Å². The number of nitrogens with two attached hydrogens (primary N) is 1. The quantitative estimate of drug-likeness (QED) is 0.875. The van der Waals surface area contributed by atoms with Gasteiger partial charge in [-0.05, 0) is 45.2 Å². The highest BCUT2D eigenvalue weighted by atomic mass is 32.1. The average molecular weight is 296 g/mol. The molecule has 0 aliphatic carbocycles. The number of rotatable bonds is 6. The fraction of sp³-hybridized carbons (Fsp3) is 0.750. The second-order valence-electron chi connectivity index (χ2n) is 5.66. The maximum Gasteiger partial charge on any atom is 0.0599 e. The molecular weight excluding hydrogens is 268 g/mol. The molecule has 2 atom stereocenters. The normalized spacial score (nSPS) is 21.0. The Labute approximate surface area is 127 Å². The monoisotopic (exact) mass is 296 g/mol. The van der Waals surface area contributed by atoms with E-state index in [4.69, 9.17) is 10.5 Å². The predicted molar refractivity (Wildman–Crippen MR) is 86.3 cm³/mol. The molecule has 0 saturated carbocycles. The van der Waals surface area contributed by atoms with Gasteiger partial charge in [0.1, 0.15) is 0 Å². The van der Waals surface area contributed by atoms with E-state index in [0.29, 0.717) is 12.1 Å². The van der Waals surface area contributed by atoms with Crippen LogP contribution < -0.4 is 5.73 Å². The maximum absolute atomic E-state index is 6.42.